The van der Waals surface area contributed by atoms with Gasteiger partial charge in [-0.1, -0.05) is 36.8 Å². The van der Waals surface area contributed by atoms with Crippen molar-refractivity contribution in [3.8, 4) is 5.75 Å². The van der Waals surface area contributed by atoms with Crippen molar-refractivity contribution < 1.29 is 13.5 Å². The van der Waals surface area contributed by atoms with Gasteiger partial charge >= 0.3 is 6.61 Å². The first-order chi connectivity index (χ1) is 8.17. The molecule has 0 aliphatic rings. The van der Waals surface area contributed by atoms with E-state index in [1.807, 2.05) is 20.0 Å². The van der Waals surface area contributed by atoms with Crippen molar-refractivity contribution in [3.05, 3.63) is 35.4 Å². The van der Waals surface area contributed by atoms with Gasteiger partial charge in [0.05, 0.1) is 0 Å². The van der Waals surface area contributed by atoms with E-state index in [4.69, 9.17) is 0 Å². The van der Waals surface area contributed by atoms with Crippen molar-refractivity contribution in [2.45, 2.75) is 20.0 Å². The lowest BCUT2D eigenvalue weighted by Crippen LogP contribution is -2.10. The molecule has 0 aliphatic carbocycles. The molecule has 0 atom stereocenters. The maximum absolute atomic E-state index is 12.2. The number of hydrogen-bond acceptors (Lipinski definition) is 2. The summed E-state index contributed by atoms with van der Waals surface area (Å²) >= 11 is 0. The molecule has 0 radical (unpaired) electrons. The van der Waals surface area contributed by atoms with E-state index in [-0.39, 0.29) is 5.75 Å². The van der Waals surface area contributed by atoms with Crippen molar-refractivity contribution in [2.24, 2.45) is 0 Å². The summed E-state index contributed by atoms with van der Waals surface area (Å²) in [6.07, 6.45) is 2.75. The van der Waals surface area contributed by atoms with E-state index in [1.165, 1.54) is 0 Å². The molecule has 1 aromatic carbocycles. The first-order valence-electron chi connectivity index (χ1n) is 5.55. The Bertz CT molecular complexity index is 377. The van der Waals surface area contributed by atoms with Crippen LogP contribution in [0.5, 0.6) is 5.75 Å². The van der Waals surface area contributed by atoms with Crippen LogP contribution in [0.4, 0.5) is 8.78 Å². The fraction of sp³-hybridized carbons (Fsp3) is 0.385. The number of likely N-dealkylation sites (N-methyl/N-ethyl adjacent to an activating group) is 1. The monoisotopic (exact) mass is 241 g/mol. The van der Waals surface area contributed by atoms with Crippen LogP contribution in [0.25, 0.3) is 6.08 Å². The van der Waals surface area contributed by atoms with Crippen molar-refractivity contribution in [1.29, 1.82) is 0 Å². The maximum atomic E-state index is 12.2. The quantitative estimate of drug-likeness (QED) is 0.825. The molecule has 0 aliphatic heterocycles. The van der Waals surface area contributed by atoms with Gasteiger partial charge in [0.2, 0.25) is 0 Å². The van der Waals surface area contributed by atoms with Gasteiger partial charge in [0, 0.05) is 12.1 Å². The van der Waals surface area contributed by atoms with Crippen LogP contribution >= 0.6 is 0 Å². The van der Waals surface area contributed by atoms with Gasteiger partial charge in [0.1, 0.15) is 5.75 Å². The van der Waals surface area contributed by atoms with Gasteiger partial charge < -0.3 is 10.1 Å². The number of nitrogens with one attached hydrogen (secondary N) is 1. The molecule has 1 rings (SSSR count). The van der Waals surface area contributed by atoms with Gasteiger partial charge in [-0.2, -0.15) is 8.78 Å². The molecule has 1 N–H and O–H groups in total. The minimum absolute atomic E-state index is 0.213. The highest BCUT2D eigenvalue weighted by Crippen LogP contribution is 2.23. The maximum Gasteiger partial charge on any atom is 0.387 e. The van der Waals surface area contributed by atoms with Gasteiger partial charge in [-0.15, -0.1) is 0 Å². The number of hydrogen-bond donors (Lipinski definition) is 1. The third kappa shape index (κ3) is 4.53. The lowest BCUT2D eigenvalue weighted by Gasteiger charge is -2.09. The second-order valence-corrected chi connectivity index (χ2v) is 3.60. The Hall–Kier alpha value is -1.42. The molecular weight excluding hydrogens is 224 g/mol. The van der Waals surface area contributed by atoms with Gasteiger partial charge in [0.15, 0.2) is 0 Å². The molecular formula is C13H17F2NO. The summed E-state index contributed by atoms with van der Waals surface area (Å²) in [5, 5.41) is 3.04. The van der Waals surface area contributed by atoms with E-state index in [0.29, 0.717) is 5.56 Å². The highest BCUT2D eigenvalue weighted by Gasteiger charge is 2.07. The second-order valence-electron chi connectivity index (χ2n) is 3.60. The molecule has 0 amide bonds. The third-order valence-corrected chi connectivity index (χ3v) is 2.35. The normalized spacial score (nSPS) is 11.9. The zero-order valence-electron chi connectivity index (χ0n) is 10.0. The van der Waals surface area contributed by atoms with E-state index < -0.39 is 6.61 Å². The molecule has 0 heterocycles. The Balaban J connectivity index is 2.95. The Morgan fingerprint density at radius 2 is 2.12 bits per heavy atom. The molecule has 17 heavy (non-hydrogen) atoms. The lowest BCUT2D eigenvalue weighted by molar-refractivity contribution is -0.0499. The van der Waals surface area contributed by atoms with E-state index >= 15 is 0 Å². The number of para-hydroxylation sites is 1. The van der Waals surface area contributed by atoms with E-state index in [9.17, 15) is 8.78 Å². The Labute approximate surface area is 100 Å². The zero-order valence-corrected chi connectivity index (χ0v) is 10.0. The summed E-state index contributed by atoms with van der Waals surface area (Å²) in [5.74, 6) is 0.213. The first-order valence-corrected chi connectivity index (χ1v) is 5.55. The number of ether oxygens (including phenoxy) is 1. The summed E-state index contributed by atoms with van der Waals surface area (Å²) in [6, 6.07) is 6.79. The third-order valence-electron chi connectivity index (χ3n) is 2.35. The second kappa shape index (κ2) is 7.01. The van der Waals surface area contributed by atoms with E-state index in [0.717, 1.165) is 18.5 Å². The summed E-state index contributed by atoms with van der Waals surface area (Å²) in [5.41, 5.74) is 1.82. The van der Waals surface area contributed by atoms with Crippen LogP contribution in [0.1, 0.15) is 18.9 Å². The summed E-state index contributed by atoms with van der Waals surface area (Å²) < 4.78 is 28.9. The molecule has 0 bridgehead atoms. The van der Waals surface area contributed by atoms with Crippen LogP contribution in [0, 0.1) is 0 Å². The molecule has 4 heteroatoms. The molecule has 94 valence electrons. The molecule has 0 unspecified atom stereocenters. The van der Waals surface area contributed by atoms with Crippen LogP contribution in [-0.2, 0) is 0 Å². The highest BCUT2D eigenvalue weighted by atomic mass is 19.3. The van der Waals surface area contributed by atoms with Crippen LogP contribution in [0.3, 0.4) is 0 Å². The molecule has 0 fully saturated rings. The SMILES string of the molecule is CCC(=Cc1ccccc1OC(F)F)CNC. The van der Waals surface area contributed by atoms with Crippen molar-refractivity contribution in [1.82, 2.24) is 5.32 Å². The van der Waals surface area contributed by atoms with Gasteiger partial charge in [0.25, 0.3) is 0 Å². The van der Waals surface area contributed by atoms with E-state index in [1.54, 1.807) is 24.3 Å². The highest BCUT2D eigenvalue weighted by molar-refractivity contribution is 5.60. The fourth-order valence-electron chi connectivity index (χ4n) is 1.53. The topological polar surface area (TPSA) is 21.3 Å². The standard InChI is InChI=1S/C13H17F2NO/c1-3-10(9-16-2)8-11-6-4-5-7-12(11)17-13(14)15/h4-8,13,16H,3,9H2,1-2H3. The lowest BCUT2D eigenvalue weighted by atomic mass is 10.1. The Morgan fingerprint density at radius 1 is 1.41 bits per heavy atom. The average Bonchev–Trinajstić information content (AvgIpc) is 2.30. The molecule has 0 aromatic heterocycles. The summed E-state index contributed by atoms with van der Waals surface area (Å²) in [4.78, 5) is 0. The van der Waals surface area contributed by atoms with Gasteiger partial charge in [-0.05, 0) is 19.5 Å². The minimum Gasteiger partial charge on any atom is -0.434 e. The summed E-state index contributed by atoms with van der Waals surface area (Å²) in [7, 11) is 1.85. The van der Waals surface area contributed by atoms with Crippen LogP contribution in [0.15, 0.2) is 29.8 Å². The predicted molar refractivity (Wildman–Crippen MR) is 65.3 cm³/mol. The Morgan fingerprint density at radius 3 is 2.71 bits per heavy atom. The van der Waals surface area contributed by atoms with Crippen LogP contribution in [-0.4, -0.2) is 20.2 Å². The van der Waals surface area contributed by atoms with Crippen LogP contribution in [0.2, 0.25) is 0 Å². The van der Waals surface area contributed by atoms with Crippen molar-refractivity contribution in [2.75, 3.05) is 13.6 Å². The number of alkyl halides is 2. The number of benzene rings is 1. The average molecular weight is 241 g/mol. The number of rotatable bonds is 6. The molecule has 2 nitrogen and oxygen atoms in total. The van der Waals surface area contributed by atoms with Gasteiger partial charge in [-0.25, -0.2) is 0 Å². The van der Waals surface area contributed by atoms with Crippen molar-refractivity contribution >= 4 is 6.08 Å². The smallest absolute Gasteiger partial charge is 0.387 e. The van der Waals surface area contributed by atoms with E-state index in [2.05, 4.69) is 10.1 Å². The molecule has 0 saturated carbocycles. The molecule has 0 saturated heterocycles. The molecule has 1 aromatic rings. The zero-order chi connectivity index (χ0) is 12.7. The van der Waals surface area contributed by atoms with Crippen LogP contribution < -0.4 is 10.1 Å². The fourth-order valence-corrected chi connectivity index (χ4v) is 1.53. The predicted octanol–water partition coefficient (Wildman–Crippen LogP) is 3.30. The molecule has 0 spiro atoms. The largest absolute Gasteiger partial charge is 0.434 e. The van der Waals surface area contributed by atoms with Crippen molar-refractivity contribution in [3.63, 3.8) is 0 Å². The summed E-state index contributed by atoms with van der Waals surface area (Å²) in [6.45, 7) is -0.0295. The Kier molecular flexibility index (Phi) is 5.63. The number of halogens is 2. The first kappa shape index (κ1) is 13.6. The van der Waals surface area contributed by atoms with Gasteiger partial charge in [-0.3, -0.25) is 0 Å². The minimum atomic E-state index is -2.79.